The van der Waals surface area contributed by atoms with Crippen LogP contribution in [0.3, 0.4) is 0 Å². The van der Waals surface area contributed by atoms with Gasteiger partial charge in [0.15, 0.2) is 0 Å². The minimum atomic E-state index is 0.560. The van der Waals surface area contributed by atoms with Gasteiger partial charge in [0, 0.05) is 6.04 Å². The van der Waals surface area contributed by atoms with E-state index in [9.17, 15) is 0 Å². The van der Waals surface area contributed by atoms with Gasteiger partial charge in [-0.05, 0) is 37.3 Å². The molecule has 2 atom stereocenters. The molecule has 1 aromatic rings. The van der Waals surface area contributed by atoms with Crippen LogP contribution in [0, 0.1) is 5.92 Å². The second-order valence-corrected chi connectivity index (χ2v) is 5.76. The smallest absolute Gasteiger partial charge is 0.129 e. The van der Waals surface area contributed by atoms with Crippen molar-refractivity contribution < 1.29 is 0 Å². The van der Waals surface area contributed by atoms with Crippen molar-refractivity contribution in [3.63, 3.8) is 0 Å². The molecule has 0 saturated heterocycles. The Morgan fingerprint density at radius 1 is 1.28 bits per heavy atom. The third-order valence-corrected chi connectivity index (χ3v) is 4.11. The lowest BCUT2D eigenvalue weighted by Gasteiger charge is -2.17. The fraction of sp³-hybridized carbons (Fsp3) is 0.667. The van der Waals surface area contributed by atoms with Gasteiger partial charge < -0.3 is 5.32 Å². The average molecular weight is 267 g/mol. The van der Waals surface area contributed by atoms with Crippen LogP contribution in [-0.4, -0.2) is 11.0 Å². The van der Waals surface area contributed by atoms with Crippen LogP contribution in [0.1, 0.15) is 51.9 Å². The Balaban J connectivity index is 1.84. The molecule has 2 rings (SSSR count). The SMILES string of the molecule is CCCC1CCCC(Nc2ccc(Cl)nc2)CC1. The Hall–Kier alpha value is -0.760. The molecular weight excluding hydrogens is 244 g/mol. The highest BCUT2D eigenvalue weighted by Crippen LogP contribution is 2.28. The Bertz CT molecular complexity index is 350. The Kier molecular flexibility index (Phi) is 5.30. The molecule has 1 aliphatic rings. The topological polar surface area (TPSA) is 24.9 Å². The lowest BCUT2D eigenvalue weighted by atomic mass is 9.95. The van der Waals surface area contributed by atoms with E-state index < -0.39 is 0 Å². The second-order valence-electron chi connectivity index (χ2n) is 5.37. The Labute approximate surface area is 115 Å². The fourth-order valence-electron chi connectivity index (χ4n) is 2.92. The van der Waals surface area contributed by atoms with Gasteiger partial charge in [-0.15, -0.1) is 0 Å². The first-order chi connectivity index (χ1) is 8.78. The summed E-state index contributed by atoms with van der Waals surface area (Å²) in [6.45, 7) is 2.29. The zero-order valence-corrected chi connectivity index (χ0v) is 11.9. The third-order valence-electron chi connectivity index (χ3n) is 3.88. The van der Waals surface area contributed by atoms with Crippen LogP contribution in [0.15, 0.2) is 18.3 Å². The number of anilines is 1. The zero-order valence-electron chi connectivity index (χ0n) is 11.2. The quantitative estimate of drug-likeness (QED) is 0.620. The van der Waals surface area contributed by atoms with E-state index >= 15 is 0 Å². The number of nitrogens with zero attached hydrogens (tertiary/aromatic N) is 1. The van der Waals surface area contributed by atoms with Crippen LogP contribution in [0.25, 0.3) is 0 Å². The summed E-state index contributed by atoms with van der Waals surface area (Å²) in [7, 11) is 0. The second kappa shape index (κ2) is 6.98. The van der Waals surface area contributed by atoms with E-state index in [1.54, 1.807) is 0 Å². The molecule has 0 aliphatic heterocycles. The maximum atomic E-state index is 5.80. The van der Waals surface area contributed by atoms with E-state index in [0.717, 1.165) is 11.6 Å². The van der Waals surface area contributed by atoms with E-state index in [2.05, 4.69) is 17.2 Å². The largest absolute Gasteiger partial charge is 0.381 e. The van der Waals surface area contributed by atoms with Crippen molar-refractivity contribution in [2.45, 2.75) is 57.9 Å². The van der Waals surface area contributed by atoms with E-state index in [1.165, 1.54) is 44.9 Å². The molecule has 100 valence electrons. The molecule has 0 bridgehead atoms. The molecule has 1 saturated carbocycles. The first-order valence-corrected chi connectivity index (χ1v) is 7.54. The molecular formula is C15H23ClN2. The molecule has 1 aliphatic carbocycles. The number of aromatic nitrogens is 1. The molecule has 1 fully saturated rings. The van der Waals surface area contributed by atoms with Gasteiger partial charge in [0.05, 0.1) is 11.9 Å². The van der Waals surface area contributed by atoms with Crippen LogP contribution in [-0.2, 0) is 0 Å². The van der Waals surface area contributed by atoms with Crippen LogP contribution in [0.4, 0.5) is 5.69 Å². The summed E-state index contributed by atoms with van der Waals surface area (Å²) in [5.41, 5.74) is 1.10. The van der Waals surface area contributed by atoms with Crippen molar-refractivity contribution in [3.8, 4) is 0 Å². The van der Waals surface area contributed by atoms with Gasteiger partial charge in [0.1, 0.15) is 5.15 Å². The molecule has 0 aromatic carbocycles. The molecule has 18 heavy (non-hydrogen) atoms. The van der Waals surface area contributed by atoms with E-state index in [-0.39, 0.29) is 0 Å². The average Bonchev–Trinajstić information content (AvgIpc) is 2.59. The number of rotatable bonds is 4. The number of nitrogens with one attached hydrogen (secondary N) is 1. The summed E-state index contributed by atoms with van der Waals surface area (Å²) in [5.74, 6) is 0.949. The van der Waals surface area contributed by atoms with Gasteiger partial charge in [-0.3, -0.25) is 0 Å². The lowest BCUT2D eigenvalue weighted by molar-refractivity contribution is 0.422. The van der Waals surface area contributed by atoms with Crippen molar-refractivity contribution in [2.75, 3.05) is 5.32 Å². The number of pyridine rings is 1. The van der Waals surface area contributed by atoms with Crippen molar-refractivity contribution in [3.05, 3.63) is 23.5 Å². The van der Waals surface area contributed by atoms with Crippen LogP contribution >= 0.6 is 11.6 Å². The maximum Gasteiger partial charge on any atom is 0.129 e. The first kappa shape index (κ1) is 13.7. The standard InChI is InChI=1S/C15H23ClN2/c1-2-4-12-5-3-6-13(8-7-12)18-14-9-10-15(16)17-11-14/h9-13,18H,2-8H2,1H3. The molecule has 1 aromatic heterocycles. The number of halogens is 1. The normalized spacial score (nSPS) is 24.6. The summed E-state index contributed by atoms with van der Waals surface area (Å²) in [4.78, 5) is 4.12. The first-order valence-electron chi connectivity index (χ1n) is 7.16. The van der Waals surface area contributed by atoms with Gasteiger partial charge in [-0.1, -0.05) is 44.2 Å². The molecule has 2 unspecified atom stereocenters. The Morgan fingerprint density at radius 3 is 2.89 bits per heavy atom. The minimum absolute atomic E-state index is 0.560. The lowest BCUT2D eigenvalue weighted by Crippen LogP contribution is -2.18. The highest BCUT2D eigenvalue weighted by atomic mass is 35.5. The summed E-state index contributed by atoms with van der Waals surface area (Å²) in [5, 5.41) is 4.15. The molecule has 1 N–H and O–H groups in total. The summed E-state index contributed by atoms with van der Waals surface area (Å²) < 4.78 is 0. The molecule has 0 spiro atoms. The van der Waals surface area contributed by atoms with Gasteiger partial charge in [0.25, 0.3) is 0 Å². The van der Waals surface area contributed by atoms with Crippen molar-refractivity contribution in [1.82, 2.24) is 4.98 Å². The minimum Gasteiger partial charge on any atom is -0.381 e. The van der Waals surface area contributed by atoms with E-state index in [0.29, 0.717) is 11.2 Å². The fourth-order valence-corrected chi connectivity index (χ4v) is 3.03. The third kappa shape index (κ3) is 4.16. The monoisotopic (exact) mass is 266 g/mol. The highest BCUT2D eigenvalue weighted by molar-refractivity contribution is 6.29. The van der Waals surface area contributed by atoms with Gasteiger partial charge in [-0.25, -0.2) is 4.98 Å². The van der Waals surface area contributed by atoms with Gasteiger partial charge in [0.2, 0.25) is 0 Å². The van der Waals surface area contributed by atoms with E-state index in [4.69, 9.17) is 11.6 Å². The van der Waals surface area contributed by atoms with Gasteiger partial charge in [-0.2, -0.15) is 0 Å². The highest BCUT2D eigenvalue weighted by Gasteiger charge is 2.18. The van der Waals surface area contributed by atoms with E-state index in [1.807, 2.05) is 18.3 Å². The van der Waals surface area contributed by atoms with Crippen molar-refractivity contribution in [1.29, 1.82) is 0 Å². The van der Waals surface area contributed by atoms with Gasteiger partial charge >= 0.3 is 0 Å². The van der Waals surface area contributed by atoms with Crippen molar-refractivity contribution >= 4 is 17.3 Å². The van der Waals surface area contributed by atoms with Crippen LogP contribution < -0.4 is 5.32 Å². The molecule has 3 heteroatoms. The van der Waals surface area contributed by atoms with Crippen molar-refractivity contribution in [2.24, 2.45) is 5.92 Å². The predicted octanol–water partition coefficient (Wildman–Crippen LogP) is 4.90. The maximum absolute atomic E-state index is 5.80. The van der Waals surface area contributed by atoms with Crippen LogP contribution in [0.5, 0.6) is 0 Å². The summed E-state index contributed by atoms with van der Waals surface area (Å²) >= 11 is 5.80. The summed E-state index contributed by atoms with van der Waals surface area (Å²) in [6, 6.07) is 4.47. The molecule has 1 heterocycles. The predicted molar refractivity (Wildman–Crippen MR) is 78.1 cm³/mol. The summed E-state index contributed by atoms with van der Waals surface area (Å²) in [6.07, 6.45) is 11.2. The Morgan fingerprint density at radius 2 is 2.17 bits per heavy atom. The number of hydrogen-bond acceptors (Lipinski definition) is 2. The number of hydrogen-bond donors (Lipinski definition) is 1. The molecule has 0 amide bonds. The molecule has 2 nitrogen and oxygen atoms in total. The molecule has 0 radical (unpaired) electrons. The zero-order chi connectivity index (χ0) is 12.8. The van der Waals surface area contributed by atoms with Crippen LogP contribution in [0.2, 0.25) is 5.15 Å².